The van der Waals surface area contributed by atoms with Crippen LogP contribution in [0.25, 0.3) is 5.65 Å². The van der Waals surface area contributed by atoms with E-state index < -0.39 is 4.92 Å². The van der Waals surface area contributed by atoms with Crippen molar-refractivity contribution in [2.75, 3.05) is 25.0 Å². The number of nitrogens with zero attached hydrogens (tertiary/aromatic N) is 4. The van der Waals surface area contributed by atoms with E-state index in [2.05, 4.69) is 10.3 Å². The second-order valence-electron chi connectivity index (χ2n) is 5.57. The van der Waals surface area contributed by atoms with Gasteiger partial charge in [0.25, 0.3) is 0 Å². The Morgan fingerprint density at radius 3 is 2.88 bits per heavy atom. The number of nitrogens with one attached hydrogen (secondary N) is 1. The molecule has 0 aliphatic carbocycles. The normalized spacial score (nSPS) is 15.5. The minimum absolute atomic E-state index is 0.0271. The van der Waals surface area contributed by atoms with E-state index in [0.29, 0.717) is 38.2 Å². The highest BCUT2D eigenvalue weighted by Crippen LogP contribution is 2.27. The zero-order valence-electron chi connectivity index (χ0n) is 13.3. The molecule has 0 atom stereocenters. The first-order valence-electron chi connectivity index (χ1n) is 7.90. The van der Waals surface area contributed by atoms with Gasteiger partial charge in [0.2, 0.25) is 11.5 Å². The molecular weight excluding hydrogens is 314 g/mol. The first kappa shape index (κ1) is 16.0. The van der Waals surface area contributed by atoms with Gasteiger partial charge in [-0.3, -0.25) is 0 Å². The molecule has 0 unspecified atom stereocenters. The summed E-state index contributed by atoms with van der Waals surface area (Å²) in [4.78, 5) is 28.6. The molecule has 1 N–H and O–H groups in total. The Balaban J connectivity index is 1.71. The zero-order valence-corrected chi connectivity index (χ0v) is 13.3. The van der Waals surface area contributed by atoms with Gasteiger partial charge in [0.1, 0.15) is 0 Å². The maximum absolute atomic E-state index is 11.7. The molecule has 0 spiro atoms. The van der Waals surface area contributed by atoms with Gasteiger partial charge in [-0.1, -0.05) is 6.07 Å². The monoisotopic (exact) mass is 333 g/mol. The summed E-state index contributed by atoms with van der Waals surface area (Å²) >= 11 is 0. The maximum atomic E-state index is 11.7. The fourth-order valence-electron chi connectivity index (χ4n) is 2.87. The topological polar surface area (TPSA) is 102 Å². The van der Waals surface area contributed by atoms with Crippen LogP contribution in [0, 0.1) is 10.1 Å². The molecule has 1 aliphatic rings. The zero-order chi connectivity index (χ0) is 17.1. The van der Waals surface area contributed by atoms with Crippen LogP contribution < -0.4 is 5.32 Å². The van der Waals surface area contributed by atoms with Crippen LogP contribution in [0.1, 0.15) is 19.8 Å². The second-order valence-corrected chi connectivity index (χ2v) is 5.57. The predicted octanol–water partition coefficient (Wildman–Crippen LogP) is 2.28. The summed E-state index contributed by atoms with van der Waals surface area (Å²) in [6.07, 6.45) is 2.68. The highest BCUT2D eigenvalue weighted by Gasteiger charge is 2.28. The van der Waals surface area contributed by atoms with Gasteiger partial charge in [0.05, 0.1) is 12.8 Å². The summed E-state index contributed by atoms with van der Waals surface area (Å²) in [5.74, 6) is 0.194. The van der Waals surface area contributed by atoms with Gasteiger partial charge < -0.3 is 25.1 Å². The Bertz CT molecular complexity index is 751. The van der Waals surface area contributed by atoms with Crippen molar-refractivity contribution in [1.82, 2.24) is 14.3 Å². The molecule has 24 heavy (non-hydrogen) atoms. The fraction of sp³-hybridized carbons (Fsp3) is 0.467. The number of likely N-dealkylation sites (tertiary alicyclic amines) is 1. The summed E-state index contributed by atoms with van der Waals surface area (Å²) in [5, 5.41) is 14.5. The third-order valence-corrected chi connectivity index (χ3v) is 4.04. The average molecular weight is 333 g/mol. The van der Waals surface area contributed by atoms with Crippen LogP contribution in [-0.4, -0.2) is 51.0 Å². The minimum Gasteiger partial charge on any atom is -0.450 e. The number of ether oxygens (including phenoxy) is 1. The van der Waals surface area contributed by atoms with E-state index in [4.69, 9.17) is 4.74 Å². The van der Waals surface area contributed by atoms with Crippen molar-refractivity contribution in [3.63, 3.8) is 0 Å². The number of pyridine rings is 1. The Morgan fingerprint density at radius 1 is 1.46 bits per heavy atom. The quantitative estimate of drug-likeness (QED) is 0.680. The molecule has 3 rings (SSSR count). The molecule has 9 nitrogen and oxygen atoms in total. The van der Waals surface area contributed by atoms with Crippen molar-refractivity contribution < 1.29 is 14.5 Å². The van der Waals surface area contributed by atoms with Crippen LogP contribution >= 0.6 is 0 Å². The van der Waals surface area contributed by atoms with Crippen LogP contribution in [0.4, 0.5) is 16.4 Å². The molecule has 1 amide bonds. The van der Waals surface area contributed by atoms with E-state index in [9.17, 15) is 14.9 Å². The number of piperidine rings is 1. The van der Waals surface area contributed by atoms with Gasteiger partial charge in [0.15, 0.2) is 0 Å². The number of nitro groups is 1. The first-order valence-corrected chi connectivity index (χ1v) is 7.90. The second kappa shape index (κ2) is 6.73. The van der Waals surface area contributed by atoms with E-state index >= 15 is 0 Å². The molecule has 0 saturated carbocycles. The Hall–Kier alpha value is -2.84. The van der Waals surface area contributed by atoms with Crippen molar-refractivity contribution in [3.8, 4) is 0 Å². The van der Waals surface area contributed by atoms with Crippen LogP contribution in [-0.2, 0) is 4.74 Å². The van der Waals surface area contributed by atoms with Crippen LogP contribution in [0.2, 0.25) is 0 Å². The van der Waals surface area contributed by atoms with E-state index in [0.717, 1.165) is 0 Å². The fourth-order valence-corrected chi connectivity index (χ4v) is 2.87. The largest absolute Gasteiger partial charge is 0.450 e. The van der Waals surface area contributed by atoms with Crippen molar-refractivity contribution in [1.29, 1.82) is 0 Å². The smallest absolute Gasteiger partial charge is 0.409 e. The van der Waals surface area contributed by atoms with Gasteiger partial charge in [0, 0.05) is 25.2 Å². The summed E-state index contributed by atoms with van der Waals surface area (Å²) in [5.41, 5.74) is 0.524. The first-order chi connectivity index (χ1) is 11.6. The Kier molecular flexibility index (Phi) is 4.50. The molecule has 0 bridgehead atoms. The van der Waals surface area contributed by atoms with Crippen LogP contribution in [0.5, 0.6) is 0 Å². The molecule has 1 saturated heterocycles. The van der Waals surface area contributed by atoms with Gasteiger partial charge in [-0.25, -0.2) is 4.79 Å². The van der Waals surface area contributed by atoms with E-state index in [1.807, 2.05) is 0 Å². The molecule has 0 aromatic carbocycles. The molecule has 128 valence electrons. The number of amides is 1. The van der Waals surface area contributed by atoms with Crippen molar-refractivity contribution >= 4 is 23.4 Å². The Labute approximate surface area is 138 Å². The number of fused-ring (bicyclic) bond motifs is 1. The molecule has 1 aliphatic heterocycles. The van der Waals surface area contributed by atoms with Gasteiger partial charge in [-0.2, -0.15) is 9.38 Å². The van der Waals surface area contributed by atoms with Crippen LogP contribution in [0.15, 0.2) is 24.4 Å². The molecule has 3 heterocycles. The summed E-state index contributed by atoms with van der Waals surface area (Å²) < 4.78 is 6.44. The predicted molar refractivity (Wildman–Crippen MR) is 87.1 cm³/mol. The highest BCUT2D eigenvalue weighted by molar-refractivity contribution is 5.68. The molecule has 9 heteroatoms. The van der Waals surface area contributed by atoms with Gasteiger partial charge in [-0.05, 0) is 30.8 Å². The van der Waals surface area contributed by atoms with E-state index in [1.165, 1.54) is 4.40 Å². The number of anilines is 1. The standard InChI is InChI=1S/C15H19N5O4/c1-2-24-15(21)18-9-6-11(7-10-18)16-13-14(20(22)23)19-8-4-3-5-12(19)17-13/h3-5,8,11,16H,2,6-7,9-10H2,1H3. The van der Waals surface area contributed by atoms with Gasteiger partial charge >= 0.3 is 11.9 Å². The lowest BCUT2D eigenvalue weighted by molar-refractivity contribution is -0.389. The lowest BCUT2D eigenvalue weighted by Crippen LogP contribution is -2.42. The third-order valence-electron chi connectivity index (χ3n) is 4.04. The number of imidazole rings is 1. The maximum Gasteiger partial charge on any atom is 0.409 e. The van der Waals surface area contributed by atoms with Gasteiger partial charge in [-0.15, -0.1) is 0 Å². The molecular formula is C15H19N5O4. The number of rotatable bonds is 4. The Morgan fingerprint density at radius 2 is 2.21 bits per heavy atom. The van der Waals surface area contributed by atoms with Crippen LogP contribution in [0.3, 0.4) is 0 Å². The number of carbonyl (C=O) groups excluding carboxylic acids is 1. The highest BCUT2D eigenvalue weighted by atomic mass is 16.6. The third kappa shape index (κ3) is 3.10. The molecule has 2 aromatic heterocycles. The van der Waals surface area contributed by atoms with E-state index in [1.54, 1.807) is 36.2 Å². The summed E-state index contributed by atoms with van der Waals surface area (Å²) in [6.45, 7) is 3.23. The number of carbonyl (C=O) groups is 1. The average Bonchev–Trinajstić information content (AvgIpc) is 2.93. The number of hydrogen-bond acceptors (Lipinski definition) is 6. The summed E-state index contributed by atoms with van der Waals surface area (Å²) in [6, 6.07) is 5.26. The minimum atomic E-state index is -0.434. The lowest BCUT2D eigenvalue weighted by Gasteiger charge is -2.31. The SMILES string of the molecule is CCOC(=O)N1CCC(Nc2nc3ccccn3c2[N+](=O)[O-])CC1. The number of aromatic nitrogens is 2. The molecule has 2 aromatic rings. The number of hydrogen-bond donors (Lipinski definition) is 1. The van der Waals surface area contributed by atoms with Crippen molar-refractivity contribution in [2.45, 2.75) is 25.8 Å². The van der Waals surface area contributed by atoms with Crippen molar-refractivity contribution in [2.24, 2.45) is 0 Å². The summed E-state index contributed by atoms with van der Waals surface area (Å²) in [7, 11) is 0. The van der Waals surface area contributed by atoms with Crippen molar-refractivity contribution in [3.05, 3.63) is 34.5 Å². The molecule has 1 fully saturated rings. The van der Waals surface area contributed by atoms with E-state index in [-0.39, 0.29) is 23.8 Å². The lowest BCUT2D eigenvalue weighted by atomic mass is 10.1. The molecule has 0 radical (unpaired) electrons.